The van der Waals surface area contributed by atoms with Crippen LogP contribution in [-0.4, -0.2) is 27.0 Å². The predicted molar refractivity (Wildman–Crippen MR) is 116 cm³/mol. The van der Waals surface area contributed by atoms with E-state index in [1.165, 1.54) is 24.3 Å². The Balaban J connectivity index is 1.56. The van der Waals surface area contributed by atoms with Gasteiger partial charge < -0.3 is 5.11 Å². The van der Waals surface area contributed by atoms with E-state index in [1.807, 2.05) is 59.4 Å². The summed E-state index contributed by atoms with van der Waals surface area (Å²) in [4.78, 5) is 12.2. The van der Waals surface area contributed by atoms with Gasteiger partial charge >= 0.3 is 0 Å². The van der Waals surface area contributed by atoms with E-state index in [0.29, 0.717) is 12.1 Å². The number of phenolic OH excluding ortho intramolecular Hbond substituents is 1. The Morgan fingerprint density at radius 2 is 1.63 bits per heavy atom. The molecule has 6 heteroatoms. The lowest BCUT2D eigenvalue weighted by molar-refractivity contribution is 0.0955. The highest BCUT2D eigenvalue weighted by Gasteiger charge is 2.10. The molecule has 0 unspecified atom stereocenters. The standard InChI is InChI=1S/C24H20N4O2/c29-22-13-11-20(12-14-22)24(30)26-25-15-21-17-28(16-18-7-3-1-4-8-18)27-23(21)19-9-5-2-6-10-19/h1-15,17,29H,16H2,(H,26,30)/b25-15-. The first-order chi connectivity index (χ1) is 14.7. The summed E-state index contributed by atoms with van der Waals surface area (Å²) in [5.74, 6) is -0.252. The minimum Gasteiger partial charge on any atom is -0.508 e. The third-order valence-electron chi connectivity index (χ3n) is 4.52. The lowest BCUT2D eigenvalue weighted by atomic mass is 10.1. The third kappa shape index (κ3) is 4.62. The van der Waals surface area contributed by atoms with E-state index in [-0.39, 0.29) is 11.7 Å². The first kappa shape index (κ1) is 19.1. The van der Waals surface area contributed by atoms with Gasteiger partial charge in [0.15, 0.2) is 0 Å². The van der Waals surface area contributed by atoms with E-state index in [0.717, 1.165) is 22.4 Å². The van der Waals surface area contributed by atoms with Gasteiger partial charge in [-0.15, -0.1) is 0 Å². The molecule has 2 N–H and O–H groups in total. The lowest BCUT2D eigenvalue weighted by Crippen LogP contribution is -2.17. The zero-order chi connectivity index (χ0) is 20.8. The van der Waals surface area contributed by atoms with Crippen LogP contribution in [0.4, 0.5) is 0 Å². The molecule has 1 amide bonds. The summed E-state index contributed by atoms with van der Waals surface area (Å²) in [5, 5.41) is 18.2. The molecule has 0 bridgehead atoms. The maximum absolute atomic E-state index is 12.2. The van der Waals surface area contributed by atoms with Crippen LogP contribution < -0.4 is 5.43 Å². The highest BCUT2D eigenvalue weighted by atomic mass is 16.3. The van der Waals surface area contributed by atoms with Crippen LogP contribution in [0.3, 0.4) is 0 Å². The minimum absolute atomic E-state index is 0.105. The van der Waals surface area contributed by atoms with Crippen molar-refractivity contribution < 1.29 is 9.90 Å². The van der Waals surface area contributed by atoms with E-state index >= 15 is 0 Å². The van der Waals surface area contributed by atoms with Crippen molar-refractivity contribution in [2.24, 2.45) is 5.10 Å². The van der Waals surface area contributed by atoms with Gasteiger partial charge in [0.25, 0.3) is 5.91 Å². The Bertz CT molecular complexity index is 1150. The number of carbonyl (C=O) groups is 1. The Morgan fingerprint density at radius 3 is 2.33 bits per heavy atom. The molecule has 4 aromatic rings. The number of hydrogen-bond donors (Lipinski definition) is 2. The minimum atomic E-state index is -0.357. The van der Waals surface area contributed by atoms with Crippen LogP contribution in [0, 0.1) is 0 Å². The molecule has 4 rings (SSSR count). The quantitative estimate of drug-likeness (QED) is 0.381. The van der Waals surface area contributed by atoms with Gasteiger partial charge in [-0.1, -0.05) is 60.7 Å². The lowest BCUT2D eigenvalue weighted by Gasteiger charge is -2.01. The second kappa shape index (κ2) is 8.87. The summed E-state index contributed by atoms with van der Waals surface area (Å²) in [6, 6.07) is 25.9. The van der Waals surface area contributed by atoms with E-state index in [2.05, 4.69) is 22.7 Å². The smallest absolute Gasteiger partial charge is 0.271 e. The molecule has 0 aliphatic carbocycles. The average molecular weight is 396 g/mol. The number of hydrogen-bond acceptors (Lipinski definition) is 4. The molecule has 148 valence electrons. The molecule has 0 saturated carbocycles. The fourth-order valence-electron chi connectivity index (χ4n) is 3.04. The van der Waals surface area contributed by atoms with Crippen molar-refractivity contribution in [3.63, 3.8) is 0 Å². The molecule has 1 heterocycles. The van der Waals surface area contributed by atoms with Crippen molar-refractivity contribution in [1.82, 2.24) is 15.2 Å². The molecule has 0 aliphatic rings. The van der Waals surface area contributed by atoms with Gasteiger partial charge in [0.2, 0.25) is 0 Å². The number of carbonyl (C=O) groups excluding carboxylic acids is 1. The summed E-state index contributed by atoms with van der Waals surface area (Å²) >= 11 is 0. The Kier molecular flexibility index (Phi) is 5.66. The molecule has 0 fully saturated rings. The van der Waals surface area contributed by atoms with Crippen LogP contribution in [0.5, 0.6) is 5.75 Å². The van der Waals surface area contributed by atoms with Gasteiger partial charge in [0, 0.05) is 22.9 Å². The van der Waals surface area contributed by atoms with E-state index < -0.39 is 0 Å². The highest BCUT2D eigenvalue weighted by Crippen LogP contribution is 2.21. The van der Waals surface area contributed by atoms with E-state index in [1.54, 1.807) is 6.21 Å². The molecular formula is C24H20N4O2. The van der Waals surface area contributed by atoms with Crippen LogP contribution in [0.1, 0.15) is 21.5 Å². The fraction of sp³-hybridized carbons (Fsp3) is 0.0417. The van der Waals surface area contributed by atoms with E-state index in [9.17, 15) is 9.90 Å². The maximum Gasteiger partial charge on any atom is 0.271 e. The molecule has 30 heavy (non-hydrogen) atoms. The number of aromatic nitrogens is 2. The van der Waals surface area contributed by atoms with Crippen LogP contribution in [-0.2, 0) is 6.54 Å². The Morgan fingerprint density at radius 1 is 0.967 bits per heavy atom. The molecule has 3 aromatic carbocycles. The number of rotatable bonds is 6. The highest BCUT2D eigenvalue weighted by molar-refractivity contribution is 5.95. The number of amides is 1. The molecule has 0 spiro atoms. The number of hydrazone groups is 1. The fourth-order valence-corrected chi connectivity index (χ4v) is 3.04. The van der Waals surface area contributed by atoms with Crippen LogP contribution in [0.15, 0.2) is 96.2 Å². The Hall–Kier alpha value is -4.19. The number of aromatic hydroxyl groups is 1. The first-order valence-electron chi connectivity index (χ1n) is 9.48. The van der Waals surface area contributed by atoms with Crippen LogP contribution in [0.25, 0.3) is 11.3 Å². The van der Waals surface area contributed by atoms with Crippen molar-refractivity contribution >= 4 is 12.1 Å². The molecule has 0 radical (unpaired) electrons. The number of nitrogens with zero attached hydrogens (tertiary/aromatic N) is 3. The molecule has 0 saturated heterocycles. The topological polar surface area (TPSA) is 79.5 Å². The third-order valence-corrected chi connectivity index (χ3v) is 4.52. The van der Waals surface area contributed by atoms with E-state index in [4.69, 9.17) is 5.10 Å². The predicted octanol–water partition coefficient (Wildman–Crippen LogP) is 4.07. The van der Waals surface area contributed by atoms with Gasteiger partial charge in [-0.2, -0.15) is 10.2 Å². The zero-order valence-corrected chi connectivity index (χ0v) is 16.1. The molecule has 0 atom stereocenters. The van der Waals surface area contributed by atoms with Crippen molar-refractivity contribution in [3.8, 4) is 17.0 Å². The number of phenols is 1. The summed E-state index contributed by atoms with van der Waals surface area (Å²) < 4.78 is 1.86. The Labute approximate surface area is 174 Å². The summed E-state index contributed by atoms with van der Waals surface area (Å²) in [7, 11) is 0. The largest absolute Gasteiger partial charge is 0.508 e. The summed E-state index contributed by atoms with van der Waals surface area (Å²) in [6.45, 7) is 0.633. The van der Waals surface area contributed by atoms with Gasteiger partial charge in [0.05, 0.1) is 12.8 Å². The van der Waals surface area contributed by atoms with Gasteiger partial charge in [-0.05, 0) is 29.8 Å². The van der Waals surface area contributed by atoms with Crippen molar-refractivity contribution in [1.29, 1.82) is 0 Å². The second-order valence-electron chi connectivity index (χ2n) is 6.73. The summed E-state index contributed by atoms with van der Waals surface area (Å²) in [6.07, 6.45) is 3.50. The average Bonchev–Trinajstić information content (AvgIpc) is 3.18. The van der Waals surface area contributed by atoms with Gasteiger partial charge in [-0.3, -0.25) is 9.48 Å². The van der Waals surface area contributed by atoms with Crippen LogP contribution >= 0.6 is 0 Å². The van der Waals surface area contributed by atoms with Gasteiger partial charge in [0.1, 0.15) is 11.4 Å². The molecule has 1 aromatic heterocycles. The van der Waals surface area contributed by atoms with Gasteiger partial charge in [-0.25, -0.2) is 5.43 Å². The SMILES string of the molecule is O=C(N/N=C\c1cn(Cc2ccccc2)nc1-c1ccccc1)c1ccc(O)cc1. The van der Waals surface area contributed by atoms with Crippen molar-refractivity contribution in [3.05, 3.63) is 108 Å². The normalized spacial score (nSPS) is 10.9. The van der Waals surface area contributed by atoms with Crippen molar-refractivity contribution in [2.45, 2.75) is 6.54 Å². The molecule has 0 aliphatic heterocycles. The first-order valence-corrected chi connectivity index (χ1v) is 9.48. The number of benzene rings is 3. The van der Waals surface area contributed by atoms with Crippen molar-refractivity contribution in [2.75, 3.05) is 0 Å². The molecular weight excluding hydrogens is 376 g/mol. The second-order valence-corrected chi connectivity index (χ2v) is 6.73. The monoisotopic (exact) mass is 396 g/mol. The summed E-state index contributed by atoms with van der Waals surface area (Å²) in [5.41, 5.74) is 6.62. The maximum atomic E-state index is 12.2. The number of nitrogens with one attached hydrogen (secondary N) is 1. The molecule has 6 nitrogen and oxygen atoms in total. The zero-order valence-electron chi connectivity index (χ0n) is 16.1. The van der Waals surface area contributed by atoms with Crippen LogP contribution in [0.2, 0.25) is 0 Å².